The number of tetrazole rings is 1. The Bertz CT molecular complexity index is 1050. The van der Waals surface area contributed by atoms with Gasteiger partial charge < -0.3 is 14.5 Å². The molecule has 2 aromatic heterocycles. The van der Waals surface area contributed by atoms with Gasteiger partial charge >= 0.3 is 5.97 Å². The van der Waals surface area contributed by atoms with Crippen LogP contribution in [0, 0.1) is 0 Å². The van der Waals surface area contributed by atoms with Gasteiger partial charge in [0.2, 0.25) is 0 Å². The number of nitrogens with zero attached hydrogens (tertiary/aromatic N) is 4. The van der Waals surface area contributed by atoms with E-state index in [2.05, 4.69) is 20.8 Å². The third kappa shape index (κ3) is 5.48. The summed E-state index contributed by atoms with van der Waals surface area (Å²) in [6.45, 7) is -0.381. The molecule has 1 fully saturated rings. The van der Waals surface area contributed by atoms with Gasteiger partial charge in [0.15, 0.2) is 18.1 Å². The first-order chi connectivity index (χ1) is 15.7. The van der Waals surface area contributed by atoms with Gasteiger partial charge in [0.1, 0.15) is 5.76 Å². The zero-order valence-corrected chi connectivity index (χ0v) is 17.6. The van der Waals surface area contributed by atoms with Gasteiger partial charge in [-0.05, 0) is 35.4 Å². The number of aromatic nitrogens is 4. The maximum absolute atomic E-state index is 13.0. The summed E-state index contributed by atoms with van der Waals surface area (Å²) in [6, 6.07) is 12.8. The molecule has 0 aliphatic heterocycles. The maximum atomic E-state index is 13.0. The summed E-state index contributed by atoms with van der Waals surface area (Å²) in [6.07, 6.45) is 9.46. The molecule has 4 rings (SSSR count). The first-order valence-corrected chi connectivity index (χ1v) is 10.8. The van der Waals surface area contributed by atoms with Crippen molar-refractivity contribution in [2.24, 2.45) is 0 Å². The second kappa shape index (κ2) is 10.5. The highest BCUT2D eigenvalue weighted by Crippen LogP contribution is 2.21. The number of carbonyl (C=O) groups excluding carboxylic acids is 2. The molecule has 0 saturated heterocycles. The molecule has 3 aromatic rings. The van der Waals surface area contributed by atoms with Crippen molar-refractivity contribution in [2.75, 3.05) is 6.61 Å². The van der Waals surface area contributed by atoms with Crippen LogP contribution in [0.2, 0.25) is 0 Å². The van der Waals surface area contributed by atoms with Crippen LogP contribution >= 0.6 is 0 Å². The fourth-order valence-corrected chi connectivity index (χ4v) is 3.73. The van der Waals surface area contributed by atoms with Crippen LogP contribution in [0.4, 0.5) is 0 Å². The van der Waals surface area contributed by atoms with Crippen molar-refractivity contribution in [3.05, 3.63) is 54.5 Å². The monoisotopic (exact) mass is 435 g/mol. The Morgan fingerprint density at radius 1 is 1.09 bits per heavy atom. The molecule has 0 atom stereocenters. The number of carbonyl (C=O) groups is 2. The molecule has 166 valence electrons. The molecule has 0 radical (unpaired) electrons. The van der Waals surface area contributed by atoms with Gasteiger partial charge in [0.05, 0.1) is 6.26 Å². The fourth-order valence-electron chi connectivity index (χ4n) is 3.73. The van der Waals surface area contributed by atoms with Crippen molar-refractivity contribution in [3.63, 3.8) is 0 Å². The van der Waals surface area contributed by atoms with Crippen molar-refractivity contribution < 1.29 is 18.7 Å². The minimum absolute atomic E-state index is 0.0334. The average molecular weight is 435 g/mol. The average Bonchev–Trinajstić information content (AvgIpc) is 3.44. The highest BCUT2D eigenvalue weighted by Gasteiger charge is 2.23. The van der Waals surface area contributed by atoms with Crippen molar-refractivity contribution in [1.82, 2.24) is 25.5 Å². The molecule has 1 aliphatic rings. The standard InChI is InChI=1S/C23H25N5O4/c29-21(24-18-11-6-1-2-7-12-18)16-32-23(30)20(15-19-13-8-14-31-19)28-22(25-26-27-28)17-9-4-3-5-10-17/h3-5,8-10,13-15,18H,1-2,6-7,11-12,16H2,(H,24,29)/b20-15-. The second-order valence-electron chi connectivity index (χ2n) is 7.66. The molecule has 0 unspecified atom stereocenters. The fraction of sp³-hybridized carbons (Fsp3) is 0.348. The van der Waals surface area contributed by atoms with Crippen molar-refractivity contribution in [1.29, 1.82) is 0 Å². The lowest BCUT2D eigenvalue weighted by Crippen LogP contribution is -2.37. The number of nitrogens with one attached hydrogen (secondary N) is 1. The number of rotatable bonds is 7. The minimum atomic E-state index is -0.734. The molecular formula is C23H25N5O4. The van der Waals surface area contributed by atoms with Gasteiger partial charge in [-0.15, -0.1) is 5.10 Å². The molecule has 0 bridgehead atoms. The summed E-state index contributed by atoms with van der Waals surface area (Å²) in [7, 11) is 0. The zero-order chi connectivity index (χ0) is 22.2. The topological polar surface area (TPSA) is 112 Å². The Balaban J connectivity index is 1.50. The number of amides is 1. The molecule has 32 heavy (non-hydrogen) atoms. The first kappa shape index (κ1) is 21.5. The van der Waals surface area contributed by atoms with E-state index in [1.807, 2.05) is 30.3 Å². The van der Waals surface area contributed by atoms with Crippen molar-refractivity contribution in [2.45, 2.75) is 44.6 Å². The van der Waals surface area contributed by atoms with E-state index in [0.717, 1.165) is 31.2 Å². The van der Waals surface area contributed by atoms with Crippen molar-refractivity contribution >= 4 is 23.6 Å². The van der Waals surface area contributed by atoms with Crippen LogP contribution in [-0.2, 0) is 14.3 Å². The SMILES string of the molecule is O=C(COC(=O)/C(=C/c1ccco1)n1nnnc1-c1ccccc1)NC1CCCCCC1. The lowest BCUT2D eigenvalue weighted by Gasteiger charge is -2.16. The van der Waals surface area contributed by atoms with Gasteiger partial charge in [-0.1, -0.05) is 56.0 Å². The number of esters is 1. The Hall–Kier alpha value is -3.75. The van der Waals surface area contributed by atoms with Gasteiger partial charge in [-0.3, -0.25) is 4.79 Å². The van der Waals surface area contributed by atoms with E-state index >= 15 is 0 Å². The molecule has 9 heteroatoms. The van der Waals surface area contributed by atoms with E-state index in [-0.39, 0.29) is 24.3 Å². The molecule has 0 spiro atoms. The van der Waals surface area contributed by atoms with E-state index in [4.69, 9.17) is 9.15 Å². The Labute approximate surface area is 185 Å². The Morgan fingerprint density at radius 2 is 1.88 bits per heavy atom. The summed E-state index contributed by atoms with van der Waals surface area (Å²) in [5.41, 5.74) is 0.757. The maximum Gasteiger partial charge on any atom is 0.357 e. The third-order valence-electron chi connectivity index (χ3n) is 5.32. The summed E-state index contributed by atoms with van der Waals surface area (Å²) in [5, 5.41) is 14.7. The molecule has 1 saturated carbocycles. The lowest BCUT2D eigenvalue weighted by molar-refractivity contribution is -0.143. The normalized spacial score (nSPS) is 15.2. The minimum Gasteiger partial charge on any atom is -0.465 e. The van der Waals surface area contributed by atoms with Crippen LogP contribution in [0.5, 0.6) is 0 Å². The largest absolute Gasteiger partial charge is 0.465 e. The number of hydrogen-bond acceptors (Lipinski definition) is 7. The number of benzene rings is 1. The van der Waals surface area contributed by atoms with E-state index in [1.54, 1.807) is 12.1 Å². The molecule has 1 aliphatic carbocycles. The number of ether oxygens (including phenoxy) is 1. The van der Waals surface area contributed by atoms with E-state index < -0.39 is 5.97 Å². The molecule has 1 amide bonds. The summed E-state index contributed by atoms with van der Waals surface area (Å²) >= 11 is 0. The van der Waals surface area contributed by atoms with Gasteiger partial charge in [-0.2, -0.15) is 4.68 Å². The smallest absolute Gasteiger partial charge is 0.357 e. The number of hydrogen-bond donors (Lipinski definition) is 1. The van der Waals surface area contributed by atoms with Gasteiger partial charge in [0.25, 0.3) is 5.91 Å². The van der Waals surface area contributed by atoms with Gasteiger partial charge in [-0.25, -0.2) is 4.79 Å². The third-order valence-corrected chi connectivity index (χ3v) is 5.32. The summed E-state index contributed by atoms with van der Waals surface area (Å²) in [5.74, 6) is -0.262. The molecular weight excluding hydrogens is 410 g/mol. The predicted octanol–water partition coefficient (Wildman–Crippen LogP) is 3.31. The quantitative estimate of drug-likeness (QED) is 0.344. The molecule has 2 heterocycles. The predicted molar refractivity (Wildman–Crippen MR) is 117 cm³/mol. The number of furan rings is 1. The molecule has 9 nitrogen and oxygen atoms in total. The van der Waals surface area contributed by atoms with Crippen molar-refractivity contribution in [3.8, 4) is 11.4 Å². The summed E-state index contributed by atoms with van der Waals surface area (Å²) < 4.78 is 12.0. The molecule has 1 aromatic carbocycles. The zero-order valence-electron chi connectivity index (χ0n) is 17.6. The van der Waals surface area contributed by atoms with E-state index in [9.17, 15) is 9.59 Å². The van der Waals surface area contributed by atoms with Crippen LogP contribution in [0.15, 0.2) is 53.1 Å². The first-order valence-electron chi connectivity index (χ1n) is 10.8. The second-order valence-corrected chi connectivity index (χ2v) is 7.66. The highest BCUT2D eigenvalue weighted by atomic mass is 16.5. The lowest BCUT2D eigenvalue weighted by atomic mass is 10.1. The summed E-state index contributed by atoms with van der Waals surface area (Å²) in [4.78, 5) is 25.3. The van der Waals surface area contributed by atoms with Gasteiger partial charge in [0, 0.05) is 17.7 Å². The Morgan fingerprint density at radius 3 is 2.59 bits per heavy atom. The molecule has 1 N–H and O–H groups in total. The van der Waals surface area contributed by atoms with E-state index in [1.165, 1.54) is 29.9 Å². The van der Waals surface area contributed by atoms with Crippen LogP contribution in [-0.4, -0.2) is 44.7 Å². The van der Waals surface area contributed by atoms with Crippen LogP contribution < -0.4 is 5.32 Å². The van der Waals surface area contributed by atoms with Crippen LogP contribution in [0.25, 0.3) is 23.2 Å². The Kier molecular flexibility index (Phi) is 7.06. The van der Waals surface area contributed by atoms with Crippen LogP contribution in [0.1, 0.15) is 44.3 Å². The van der Waals surface area contributed by atoms with E-state index in [0.29, 0.717) is 11.6 Å². The van der Waals surface area contributed by atoms with Crippen LogP contribution in [0.3, 0.4) is 0 Å². The highest BCUT2D eigenvalue weighted by molar-refractivity contribution is 6.15.